The van der Waals surface area contributed by atoms with Crippen molar-refractivity contribution in [1.82, 2.24) is 0 Å². The van der Waals surface area contributed by atoms with Gasteiger partial charge >= 0.3 is 0 Å². The molecule has 0 rings (SSSR count). The quantitative estimate of drug-likeness (QED) is 0.531. The third kappa shape index (κ3) is 273. The van der Waals surface area contributed by atoms with Crippen LogP contribution in [0.1, 0.15) is 20.8 Å². The number of rotatable bonds is 0. The Hall–Kier alpha value is -1.36. The van der Waals surface area contributed by atoms with Crippen LogP contribution < -0.4 is 0 Å². The van der Waals surface area contributed by atoms with Gasteiger partial charge in [0.2, 0.25) is 0 Å². The first-order valence-electron chi connectivity index (χ1n) is 2.84. The van der Waals surface area contributed by atoms with E-state index in [0.717, 1.165) is 13.8 Å². The van der Waals surface area contributed by atoms with Crippen molar-refractivity contribution in [1.29, 1.82) is 0 Å². The molecule has 0 aromatic heterocycles. The monoisotopic (exact) mass is 180 g/mol. The molecule has 4 N–H and O–H groups in total. The van der Waals surface area contributed by atoms with Crippen LogP contribution in [0.25, 0.3) is 0 Å². The van der Waals surface area contributed by atoms with Gasteiger partial charge in [0.1, 0.15) is 0 Å². The Morgan fingerprint density at radius 1 is 1.17 bits per heavy atom. The van der Waals surface area contributed by atoms with Gasteiger partial charge in [-0.2, -0.15) is 0 Å². The maximum atomic E-state index is 9.00. The summed E-state index contributed by atoms with van der Waals surface area (Å²) in [5, 5.41) is 14.8. The average Bonchev–Trinajstić information content (AvgIpc) is 1.60. The second kappa shape index (κ2) is 22.6. The minimum Gasteiger partial charge on any atom is -0.481 e. The lowest BCUT2D eigenvalue weighted by Gasteiger charge is -1.59. The van der Waals surface area contributed by atoms with Crippen molar-refractivity contribution in [2.45, 2.75) is 20.8 Å². The van der Waals surface area contributed by atoms with E-state index in [-0.39, 0.29) is 5.48 Å². The molecule has 5 nitrogen and oxygen atoms in total. The zero-order valence-corrected chi connectivity index (χ0v) is 7.50. The van der Waals surface area contributed by atoms with Gasteiger partial charge in [-0.05, 0) is 6.92 Å². The smallest absolute Gasteiger partial charge is 0.300 e. The minimum atomic E-state index is -0.833. The van der Waals surface area contributed by atoms with Crippen molar-refractivity contribution < 1.29 is 25.3 Å². The molecule has 12 heavy (non-hydrogen) atoms. The number of allylic oxidation sites excluding steroid dienone is 1. The van der Waals surface area contributed by atoms with E-state index in [1.807, 2.05) is 6.92 Å². The molecule has 0 heterocycles. The van der Waals surface area contributed by atoms with Crippen LogP contribution in [-0.4, -0.2) is 27.6 Å². The Bertz CT molecular complexity index is 99.0. The van der Waals surface area contributed by atoms with E-state index in [2.05, 4.69) is 6.58 Å². The molecule has 0 atom stereocenters. The molecule has 0 aliphatic carbocycles. The van der Waals surface area contributed by atoms with Gasteiger partial charge < -0.3 is 15.7 Å². The van der Waals surface area contributed by atoms with Crippen LogP contribution in [0.4, 0.5) is 0 Å². The van der Waals surface area contributed by atoms with Crippen LogP contribution in [0.15, 0.2) is 12.7 Å². The number of aliphatic carboxylic acids is 2. The minimum absolute atomic E-state index is 0. The molecule has 0 amide bonds. The second-order valence-electron chi connectivity index (χ2n) is 1.45. The predicted octanol–water partition coefficient (Wildman–Crippen LogP) is 0.549. The fraction of sp³-hybridized carbons (Fsp3) is 0.429. The van der Waals surface area contributed by atoms with Crippen molar-refractivity contribution >= 4 is 11.9 Å². The van der Waals surface area contributed by atoms with Gasteiger partial charge in [-0.15, -0.1) is 6.58 Å². The SMILES string of the molecule is C=CC.CC(=O)O.CC(=O)O.O. The van der Waals surface area contributed by atoms with Gasteiger partial charge in [0, 0.05) is 13.8 Å². The van der Waals surface area contributed by atoms with Crippen LogP contribution >= 0.6 is 0 Å². The van der Waals surface area contributed by atoms with Crippen LogP contribution in [0.3, 0.4) is 0 Å². The molecule has 0 saturated carbocycles. The van der Waals surface area contributed by atoms with E-state index >= 15 is 0 Å². The highest BCUT2D eigenvalue weighted by Crippen LogP contribution is 1.42. The van der Waals surface area contributed by atoms with E-state index in [4.69, 9.17) is 19.8 Å². The van der Waals surface area contributed by atoms with E-state index in [0.29, 0.717) is 0 Å². The molecule has 0 aromatic carbocycles. The Balaban J connectivity index is -0.0000000389. The van der Waals surface area contributed by atoms with Crippen molar-refractivity contribution in [2.75, 3.05) is 0 Å². The zero-order valence-electron chi connectivity index (χ0n) is 7.50. The standard InChI is InChI=1S/C3H6.2C2H4O2.H2O/c1-3-2;2*1-2(3)4;/h3H,1H2,2H3;2*1H3,(H,3,4);1H2. The first-order valence-corrected chi connectivity index (χ1v) is 2.84. The summed E-state index contributed by atoms with van der Waals surface area (Å²) in [4.78, 5) is 18.0. The summed E-state index contributed by atoms with van der Waals surface area (Å²) < 4.78 is 0. The molecule has 5 heteroatoms. The van der Waals surface area contributed by atoms with E-state index in [1.54, 1.807) is 6.08 Å². The zero-order chi connectivity index (χ0) is 9.86. The summed E-state index contributed by atoms with van der Waals surface area (Å²) >= 11 is 0. The molecule has 74 valence electrons. The highest BCUT2D eigenvalue weighted by molar-refractivity contribution is 5.63. The number of hydrogen-bond acceptors (Lipinski definition) is 2. The lowest BCUT2D eigenvalue weighted by Crippen LogP contribution is -1.78. The Kier molecular flexibility index (Phi) is 42.3. The number of carbonyl (C=O) groups is 2. The van der Waals surface area contributed by atoms with Crippen molar-refractivity contribution in [3.8, 4) is 0 Å². The summed E-state index contributed by atoms with van der Waals surface area (Å²) in [6.07, 6.45) is 1.75. The molecule has 0 aliphatic rings. The summed E-state index contributed by atoms with van der Waals surface area (Å²) in [7, 11) is 0. The van der Waals surface area contributed by atoms with Gasteiger partial charge in [-0.25, -0.2) is 0 Å². The van der Waals surface area contributed by atoms with Gasteiger partial charge in [0.15, 0.2) is 0 Å². The van der Waals surface area contributed by atoms with Crippen LogP contribution in [0.5, 0.6) is 0 Å². The fourth-order valence-corrected chi connectivity index (χ4v) is 0. The Labute approximate surface area is 71.6 Å². The second-order valence-corrected chi connectivity index (χ2v) is 1.45. The molecule has 0 unspecified atom stereocenters. The van der Waals surface area contributed by atoms with Crippen LogP contribution in [-0.2, 0) is 9.59 Å². The summed E-state index contributed by atoms with van der Waals surface area (Å²) in [5.74, 6) is -1.67. The average molecular weight is 180 g/mol. The maximum absolute atomic E-state index is 9.00. The fourth-order valence-electron chi connectivity index (χ4n) is 0. The predicted molar refractivity (Wildman–Crippen MR) is 46.1 cm³/mol. The third-order valence-electron chi connectivity index (χ3n) is 0. The lowest BCUT2D eigenvalue weighted by atomic mass is 10.8. The molecule has 0 saturated heterocycles. The molecule has 0 bridgehead atoms. The number of hydrogen-bond donors (Lipinski definition) is 2. The number of carboxylic acids is 2. The molecular weight excluding hydrogens is 164 g/mol. The van der Waals surface area contributed by atoms with Crippen molar-refractivity contribution in [2.24, 2.45) is 0 Å². The first kappa shape index (κ1) is 22.4. The molecule has 0 spiro atoms. The van der Waals surface area contributed by atoms with Gasteiger partial charge in [0.25, 0.3) is 11.9 Å². The summed E-state index contributed by atoms with van der Waals surface area (Å²) in [5.41, 5.74) is 0. The first-order chi connectivity index (χ1) is 4.88. The molecule has 0 aliphatic heterocycles. The summed E-state index contributed by atoms with van der Waals surface area (Å²) in [6.45, 7) is 7.42. The molecular formula is C7H16O5. The van der Waals surface area contributed by atoms with Gasteiger partial charge in [-0.1, -0.05) is 6.08 Å². The van der Waals surface area contributed by atoms with E-state index < -0.39 is 11.9 Å². The normalized spacial score (nSPS) is 5.25. The number of carboxylic acid groups (broad SMARTS) is 2. The van der Waals surface area contributed by atoms with Gasteiger partial charge in [-0.3, -0.25) is 9.59 Å². The largest absolute Gasteiger partial charge is 0.481 e. The third-order valence-corrected chi connectivity index (χ3v) is 0. The van der Waals surface area contributed by atoms with Crippen molar-refractivity contribution in [3.63, 3.8) is 0 Å². The van der Waals surface area contributed by atoms with Gasteiger partial charge in [0.05, 0.1) is 0 Å². The Morgan fingerprint density at radius 3 is 1.17 bits per heavy atom. The van der Waals surface area contributed by atoms with Crippen LogP contribution in [0.2, 0.25) is 0 Å². The van der Waals surface area contributed by atoms with E-state index in [1.165, 1.54) is 0 Å². The van der Waals surface area contributed by atoms with E-state index in [9.17, 15) is 0 Å². The highest BCUT2D eigenvalue weighted by atomic mass is 16.4. The van der Waals surface area contributed by atoms with Crippen LogP contribution in [0, 0.1) is 0 Å². The van der Waals surface area contributed by atoms with Crippen molar-refractivity contribution in [3.05, 3.63) is 12.7 Å². The topological polar surface area (TPSA) is 106 Å². The highest BCUT2D eigenvalue weighted by Gasteiger charge is 1.65. The molecule has 0 radical (unpaired) electrons. The maximum Gasteiger partial charge on any atom is 0.300 e. The molecule has 0 aromatic rings. The Morgan fingerprint density at radius 2 is 1.17 bits per heavy atom. The molecule has 0 fully saturated rings. The summed E-state index contributed by atoms with van der Waals surface area (Å²) in [6, 6.07) is 0. The lowest BCUT2D eigenvalue weighted by molar-refractivity contribution is -0.135.